The molecule has 127 heavy (non-hydrogen) atoms. The first kappa shape index (κ1) is 92.4. The van der Waals surface area contributed by atoms with Crippen molar-refractivity contribution in [3.63, 3.8) is 0 Å². The SMILES string of the molecule is CO[C@H]1CC2CC[C@@H](C)C(CC(=O)N3CCCC[C@H]3C(=O)O[C@H](CC[C@@H]3CC[C@@H](OC(=O)NCc4cnc(N5CCN(C(=O)CCOCCN6CCN(c7ncc(C(=O)N8CCc9cc(Cn%10nc(-c%11cnc%12[nH]ccc%12c%11)c%11c(N)ncnc%11%10)ccc9C8)cn7)CC6)CC5)nc4)[C@H](OC)C3)CC(=O)[C@H](C)/C=C(\C)[C@@H](O)CC(=O)[C@H](C)C[C@H](C)/C=C/C=C/C=C/1C)O2. The van der Waals surface area contributed by atoms with Gasteiger partial charge in [0, 0.05) is 184 Å². The van der Waals surface area contributed by atoms with Gasteiger partial charge in [0.1, 0.15) is 53.3 Å². The summed E-state index contributed by atoms with van der Waals surface area (Å²) in [5.74, 6) is -0.246. The Balaban J connectivity index is 0.483. The van der Waals surface area contributed by atoms with Crippen molar-refractivity contribution >= 4 is 81.1 Å². The van der Waals surface area contributed by atoms with Crippen LogP contribution in [0.2, 0.25) is 0 Å². The van der Waals surface area contributed by atoms with Crippen LogP contribution in [0.15, 0.2) is 121 Å². The number of fused-ring (bicyclic) bond motifs is 6. The number of esters is 1. The molecule has 4 amide bonds. The molecule has 32 heteroatoms. The van der Waals surface area contributed by atoms with E-state index < -0.39 is 48.4 Å². The molecule has 32 nitrogen and oxygen atoms in total. The van der Waals surface area contributed by atoms with Gasteiger partial charge in [-0.15, -0.1) is 0 Å². The van der Waals surface area contributed by atoms with Gasteiger partial charge in [0.05, 0.1) is 74.1 Å². The van der Waals surface area contributed by atoms with E-state index in [-0.39, 0.29) is 103 Å². The Bertz CT molecular complexity index is 5080. The van der Waals surface area contributed by atoms with Crippen molar-refractivity contribution in [2.45, 2.75) is 219 Å². The first-order chi connectivity index (χ1) is 61.5. The number of aliphatic hydroxyl groups is 1. The largest absolute Gasteiger partial charge is 0.460 e. The number of aliphatic hydroxyl groups excluding tert-OH is 1. The van der Waals surface area contributed by atoms with E-state index >= 15 is 0 Å². The number of H-pyrrole nitrogens is 1. The van der Waals surface area contributed by atoms with E-state index in [4.69, 9.17) is 39.3 Å². The van der Waals surface area contributed by atoms with Crippen molar-refractivity contribution in [3.05, 3.63) is 149 Å². The van der Waals surface area contributed by atoms with Crippen molar-refractivity contribution in [3.8, 4) is 11.3 Å². The number of methoxy groups -OCH3 is 2. The number of alkyl carbamates (subject to hydrolysis) is 1. The number of anilines is 3. The summed E-state index contributed by atoms with van der Waals surface area (Å²) in [6, 6.07) is 9.51. The van der Waals surface area contributed by atoms with Crippen LogP contribution in [0, 0.1) is 29.6 Å². The molecule has 0 spiro atoms. The molecule has 1 aromatic carbocycles. The van der Waals surface area contributed by atoms with Gasteiger partial charge in [-0.3, -0.25) is 28.9 Å². The lowest BCUT2D eigenvalue weighted by atomic mass is 9.81. The van der Waals surface area contributed by atoms with Crippen molar-refractivity contribution in [1.29, 1.82) is 0 Å². The number of aromatic nitrogens is 10. The van der Waals surface area contributed by atoms with Crippen LogP contribution in [0.3, 0.4) is 0 Å². The summed E-state index contributed by atoms with van der Waals surface area (Å²) < 4.78 is 38.9. The number of nitrogens with one attached hydrogen (secondary N) is 2. The Morgan fingerprint density at radius 1 is 0.701 bits per heavy atom. The standard InChI is InChI=1S/C95H126N18O14/c1-60-14-10-9-11-15-61(2)81(122-7)48-75-22-17-62(3)82(125-75)50-85(118)112-29-13-12-16-76(112)92(120)126-74(47-77(114)64(5)43-65(6)79(116)49-78(115)63(4)42-60)23-19-66-20-24-80(83(45-66)123-8)127-95(121)103-53-68-51-99-93(100-52-68)110-37-35-108(36-38-110)84(117)27-40-124-41-39-107-31-33-109(34-32-107)94-101-55-73(56-102-94)91(119)111-30-26-69-44-67(18-21-71(69)58-111)57-113-90-86(88(96)104-59-105-90)87(106-113)72-46-70-25-28-97-89(70)98-54-72/h9-11,14-15,18,21,25,28,43-44,46,51-52,54-56,59-60,62-64,66,74-76,79-83,116H,12-13,16-17,19-20,22-24,26-27,29-42,45,47-50,53,57-58H2,1-8H3,(H,97,98)(H,103,121)(H2,96,104,105)/b11-9+,14-10+,61-15+,65-43+/t60-,62-,63-,64-,66-,74-,75?,76+,79+,80-,81+,82?,83-/m1/s1. The molecule has 5 N–H and O–H groups in total. The number of benzene rings is 1. The molecule has 2 unspecified atom stereocenters. The highest BCUT2D eigenvalue weighted by Gasteiger charge is 2.41. The smallest absolute Gasteiger partial charge is 0.407 e. The fraction of sp³-hybridized carbons (Fsp3) is 0.568. The van der Waals surface area contributed by atoms with Gasteiger partial charge in [-0.1, -0.05) is 82.4 Å². The summed E-state index contributed by atoms with van der Waals surface area (Å²) in [5.41, 5.74) is 15.3. The molecule has 4 saturated heterocycles. The van der Waals surface area contributed by atoms with Crippen LogP contribution < -0.4 is 20.9 Å². The Labute approximate surface area is 743 Å². The highest BCUT2D eigenvalue weighted by Crippen LogP contribution is 2.38. The topological polar surface area (TPSA) is 376 Å². The maximum absolute atomic E-state index is 14.6. The van der Waals surface area contributed by atoms with Gasteiger partial charge >= 0.3 is 12.1 Å². The molecular weight excluding hydrogens is 1620 g/mol. The molecule has 6 aromatic heterocycles. The minimum atomic E-state index is -1.08. The van der Waals surface area contributed by atoms with Crippen LogP contribution in [0.25, 0.3) is 33.3 Å². The lowest BCUT2D eigenvalue weighted by Gasteiger charge is -2.39. The molecule has 14 rings (SSSR count). The number of carbonyl (C=O) groups is 7. The minimum absolute atomic E-state index is 0.0307. The number of cyclic esters (lactones) is 1. The number of hydrogen-bond acceptors (Lipinski definition) is 26. The van der Waals surface area contributed by atoms with Gasteiger partial charge in [-0.05, 0) is 149 Å². The van der Waals surface area contributed by atoms with Gasteiger partial charge in [0.25, 0.3) is 5.91 Å². The summed E-state index contributed by atoms with van der Waals surface area (Å²) in [5, 5.41) is 20.8. The predicted molar refractivity (Wildman–Crippen MR) is 480 cm³/mol. The zero-order valence-corrected chi connectivity index (χ0v) is 74.8. The summed E-state index contributed by atoms with van der Waals surface area (Å²) in [4.78, 5) is 145. The first-order valence-electron chi connectivity index (χ1n) is 45.6. The van der Waals surface area contributed by atoms with Crippen LogP contribution in [0.4, 0.5) is 22.5 Å². The average molecular weight is 1740 g/mol. The third-order valence-corrected chi connectivity index (χ3v) is 26.7. The molecule has 1 saturated carbocycles. The van der Waals surface area contributed by atoms with Crippen molar-refractivity contribution < 1.29 is 67.1 Å². The molecule has 5 fully saturated rings. The maximum Gasteiger partial charge on any atom is 0.407 e. The number of ether oxygens (including phenoxy) is 6. The van der Waals surface area contributed by atoms with Gasteiger partial charge in [0.15, 0.2) is 5.65 Å². The lowest BCUT2D eigenvalue weighted by molar-refractivity contribution is -0.165. The number of allylic oxidation sites excluding steroid dienone is 6. The van der Waals surface area contributed by atoms with E-state index in [9.17, 15) is 38.7 Å². The number of pyridine rings is 1. The molecular formula is C95H126N18O14. The number of Topliss-reactive ketones (excluding diaryl/α,β-unsaturated/α-hetero) is 2. The molecule has 0 radical (unpaired) electrons. The second kappa shape index (κ2) is 43.8. The van der Waals surface area contributed by atoms with Crippen LogP contribution in [0.5, 0.6) is 0 Å². The Hall–Kier alpha value is -10.8. The van der Waals surface area contributed by atoms with E-state index in [2.05, 4.69) is 93.1 Å². The number of nitrogens with zero attached hydrogens (tertiary/aromatic N) is 15. The maximum atomic E-state index is 14.6. The summed E-state index contributed by atoms with van der Waals surface area (Å²) in [6.07, 6.45) is 27.7. The third-order valence-electron chi connectivity index (χ3n) is 26.7. The van der Waals surface area contributed by atoms with Crippen LogP contribution in [-0.4, -0.2) is 264 Å². The predicted octanol–water partition coefficient (Wildman–Crippen LogP) is 10.7. The number of rotatable bonds is 20. The van der Waals surface area contributed by atoms with Crippen molar-refractivity contribution in [1.82, 2.24) is 74.6 Å². The summed E-state index contributed by atoms with van der Waals surface area (Å²) in [7, 11) is 3.29. The highest BCUT2D eigenvalue weighted by molar-refractivity contribution is 5.99. The zero-order valence-electron chi connectivity index (χ0n) is 74.8. The van der Waals surface area contributed by atoms with Gasteiger partial charge in [-0.25, -0.2) is 49.2 Å². The zero-order chi connectivity index (χ0) is 89.2. The minimum Gasteiger partial charge on any atom is -0.460 e. The van der Waals surface area contributed by atoms with Crippen molar-refractivity contribution in [2.24, 2.45) is 29.6 Å². The fourth-order valence-corrected chi connectivity index (χ4v) is 18.8. The number of ketones is 2. The molecule has 13 atom stereocenters. The van der Waals surface area contributed by atoms with Gasteiger partial charge in [0.2, 0.25) is 23.7 Å². The van der Waals surface area contributed by atoms with E-state index in [1.54, 1.807) is 70.0 Å². The molecule has 1 aliphatic carbocycles. The monoisotopic (exact) mass is 1740 g/mol. The molecule has 680 valence electrons. The molecule has 6 aliphatic heterocycles. The van der Waals surface area contributed by atoms with Gasteiger partial charge in [-0.2, -0.15) is 5.10 Å². The third kappa shape index (κ3) is 24.2. The average Bonchev–Trinajstić information content (AvgIpc) is 1.61. The molecule has 2 bridgehead atoms. The second-order valence-electron chi connectivity index (χ2n) is 35.8. The summed E-state index contributed by atoms with van der Waals surface area (Å²) in [6.45, 7) is 20.3. The van der Waals surface area contributed by atoms with Gasteiger partial charge < -0.3 is 74.1 Å². The highest BCUT2D eigenvalue weighted by atomic mass is 16.6. The first-order valence-corrected chi connectivity index (χ1v) is 45.6. The van der Waals surface area contributed by atoms with Crippen molar-refractivity contribution in [2.75, 3.05) is 115 Å². The van der Waals surface area contributed by atoms with E-state index in [0.717, 1.165) is 91.7 Å². The normalized spacial score (nSPS) is 27.1. The number of nitrogens with two attached hydrogens (primary N) is 1. The number of piperazine rings is 2. The Morgan fingerprint density at radius 2 is 1.47 bits per heavy atom. The molecule has 12 heterocycles. The number of hydrogen-bond donors (Lipinski definition) is 4. The fourth-order valence-electron chi connectivity index (χ4n) is 18.8. The molecule has 7 aromatic rings. The van der Waals surface area contributed by atoms with E-state index in [1.165, 1.54) is 11.9 Å². The van der Waals surface area contributed by atoms with E-state index in [1.807, 2.05) is 75.9 Å². The van der Waals surface area contributed by atoms with Crippen LogP contribution in [-0.2, 0) is 78.4 Å². The number of piperidine rings is 1. The number of nitrogen functional groups attached to an aromatic ring is 1. The number of carbonyl (C=O) groups excluding carboxylic acids is 7. The van der Waals surface area contributed by atoms with E-state index in [0.29, 0.717) is 175 Å². The molecule has 7 aliphatic rings. The quantitative estimate of drug-likeness (QED) is 0.0313. The Morgan fingerprint density at radius 3 is 2.24 bits per heavy atom. The van der Waals surface area contributed by atoms with Crippen LogP contribution >= 0.6 is 0 Å². The lowest BCUT2D eigenvalue weighted by Crippen LogP contribution is -2.51. The number of aromatic amines is 1. The van der Waals surface area contributed by atoms with Crippen LogP contribution in [0.1, 0.15) is 177 Å². The number of amides is 4. The summed E-state index contributed by atoms with van der Waals surface area (Å²) >= 11 is 0. The Kier molecular flexibility index (Phi) is 31.9. The second-order valence-corrected chi connectivity index (χ2v) is 35.8.